The maximum atomic E-state index is 12.7. The van der Waals surface area contributed by atoms with Gasteiger partial charge in [0, 0.05) is 7.11 Å². The largest absolute Gasteiger partial charge is 0.375 e. The standard InChI is InChI=1S/C16H21N3O3/c1-22-13(12-5-3-2-4-6-12)11-19-14(20)16(18-15(19)21)7-9-17-10-8-16/h2-6,13,17H,7-11H2,1H3,(H,18,21)/t13-/m0/s1. The normalized spacial score (nSPS) is 22.0. The molecule has 6 heteroatoms. The van der Waals surface area contributed by atoms with Crippen LogP contribution in [0.4, 0.5) is 4.79 Å². The molecule has 1 atom stereocenters. The highest BCUT2D eigenvalue weighted by Gasteiger charge is 2.51. The van der Waals surface area contributed by atoms with Crippen LogP contribution in [-0.2, 0) is 9.53 Å². The molecule has 2 fully saturated rings. The van der Waals surface area contributed by atoms with Crippen molar-refractivity contribution >= 4 is 11.9 Å². The van der Waals surface area contributed by atoms with Gasteiger partial charge in [0.25, 0.3) is 5.91 Å². The lowest BCUT2D eigenvalue weighted by molar-refractivity contribution is -0.133. The number of hydrogen-bond acceptors (Lipinski definition) is 4. The smallest absolute Gasteiger partial charge is 0.325 e. The van der Waals surface area contributed by atoms with E-state index in [0.717, 1.165) is 18.7 Å². The van der Waals surface area contributed by atoms with Crippen LogP contribution < -0.4 is 10.6 Å². The van der Waals surface area contributed by atoms with Crippen LogP contribution in [-0.4, -0.2) is 49.1 Å². The predicted octanol–water partition coefficient (Wildman–Crippen LogP) is 1.05. The van der Waals surface area contributed by atoms with Gasteiger partial charge in [0.15, 0.2) is 0 Å². The van der Waals surface area contributed by atoms with Gasteiger partial charge in [-0.1, -0.05) is 30.3 Å². The number of amides is 3. The summed E-state index contributed by atoms with van der Waals surface area (Å²) in [6.45, 7) is 1.72. The molecule has 2 aliphatic heterocycles. The number of ether oxygens (including phenoxy) is 1. The molecule has 2 aliphatic rings. The summed E-state index contributed by atoms with van der Waals surface area (Å²) in [4.78, 5) is 26.3. The third-order valence-electron chi connectivity index (χ3n) is 4.51. The van der Waals surface area contributed by atoms with Crippen molar-refractivity contribution in [2.24, 2.45) is 0 Å². The zero-order valence-electron chi connectivity index (χ0n) is 12.7. The van der Waals surface area contributed by atoms with Gasteiger partial charge in [0.2, 0.25) is 0 Å². The molecule has 2 heterocycles. The molecule has 118 valence electrons. The van der Waals surface area contributed by atoms with Gasteiger partial charge < -0.3 is 15.4 Å². The lowest BCUT2D eigenvalue weighted by atomic mass is 9.88. The van der Waals surface area contributed by atoms with Crippen LogP contribution in [0.1, 0.15) is 24.5 Å². The van der Waals surface area contributed by atoms with Crippen molar-refractivity contribution in [2.75, 3.05) is 26.7 Å². The van der Waals surface area contributed by atoms with Crippen LogP contribution >= 0.6 is 0 Å². The SMILES string of the molecule is CO[C@@H](CN1C(=O)NC2(CCNCC2)C1=O)c1ccccc1. The molecule has 0 bridgehead atoms. The molecule has 0 radical (unpaired) electrons. The lowest BCUT2D eigenvalue weighted by Gasteiger charge is -2.31. The number of carbonyl (C=O) groups excluding carboxylic acids is 2. The predicted molar refractivity (Wildman–Crippen MR) is 81.3 cm³/mol. The Kier molecular flexibility index (Phi) is 4.13. The number of piperidine rings is 1. The van der Waals surface area contributed by atoms with E-state index in [2.05, 4.69) is 10.6 Å². The highest BCUT2D eigenvalue weighted by molar-refractivity contribution is 6.07. The Morgan fingerprint density at radius 3 is 2.55 bits per heavy atom. The maximum Gasteiger partial charge on any atom is 0.325 e. The van der Waals surface area contributed by atoms with Crippen molar-refractivity contribution in [3.8, 4) is 0 Å². The molecule has 0 aromatic heterocycles. The van der Waals surface area contributed by atoms with Crippen molar-refractivity contribution in [1.82, 2.24) is 15.5 Å². The summed E-state index contributed by atoms with van der Waals surface area (Å²) in [5.41, 5.74) is 0.231. The highest BCUT2D eigenvalue weighted by atomic mass is 16.5. The van der Waals surface area contributed by atoms with Crippen molar-refractivity contribution in [2.45, 2.75) is 24.5 Å². The van der Waals surface area contributed by atoms with Crippen LogP contribution in [0.3, 0.4) is 0 Å². The molecule has 6 nitrogen and oxygen atoms in total. The fourth-order valence-electron chi connectivity index (χ4n) is 3.18. The number of rotatable bonds is 4. The van der Waals surface area contributed by atoms with E-state index in [0.29, 0.717) is 12.8 Å². The maximum absolute atomic E-state index is 12.7. The average Bonchev–Trinajstić information content (AvgIpc) is 2.77. The molecule has 1 aromatic carbocycles. The molecule has 0 unspecified atom stereocenters. The van der Waals surface area contributed by atoms with Gasteiger partial charge in [-0.2, -0.15) is 0 Å². The fraction of sp³-hybridized carbons (Fsp3) is 0.500. The van der Waals surface area contributed by atoms with E-state index in [1.165, 1.54) is 4.90 Å². The van der Waals surface area contributed by atoms with E-state index < -0.39 is 5.54 Å². The monoisotopic (exact) mass is 303 g/mol. The first-order valence-corrected chi connectivity index (χ1v) is 7.59. The number of nitrogens with zero attached hydrogens (tertiary/aromatic N) is 1. The fourth-order valence-corrected chi connectivity index (χ4v) is 3.18. The van der Waals surface area contributed by atoms with E-state index in [1.807, 2.05) is 30.3 Å². The number of nitrogens with one attached hydrogen (secondary N) is 2. The van der Waals surface area contributed by atoms with Crippen molar-refractivity contribution in [1.29, 1.82) is 0 Å². The quantitative estimate of drug-likeness (QED) is 0.816. The zero-order chi connectivity index (χ0) is 15.6. The summed E-state index contributed by atoms with van der Waals surface area (Å²) < 4.78 is 5.48. The van der Waals surface area contributed by atoms with Crippen molar-refractivity contribution in [3.63, 3.8) is 0 Å². The number of carbonyl (C=O) groups is 2. The first-order chi connectivity index (χ1) is 10.7. The molecule has 1 spiro atoms. The molecule has 0 aliphatic carbocycles. The molecular formula is C16H21N3O3. The molecule has 0 saturated carbocycles. The van der Waals surface area contributed by atoms with E-state index in [-0.39, 0.29) is 24.6 Å². The molecule has 1 aromatic rings. The zero-order valence-corrected chi connectivity index (χ0v) is 12.7. The minimum absolute atomic E-state index is 0.128. The summed E-state index contributed by atoms with van der Waals surface area (Å²) in [7, 11) is 1.59. The van der Waals surface area contributed by atoms with E-state index in [9.17, 15) is 9.59 Å². The second-order valence-electron chi connectivity index (χ2n) is 5.81. The third kappa shape index (κ3) is 2.60. The molecule has 2 N–H and O–H groups in total. The number of methoxy groups -OCH3 is 1. The van der Waals surface area contributed by atoms with Gasteiger partial charge in [-0.25, -0.2) is 4.79 Å². The van der Waals surface area contributed by atoms with Crippen molar-refractivity contribution in [3.05, 3.63) is 35.9 Å². The number of urea groups is 1. The minimum Gasteiger partial charge on any atom is -0.375 e. The third-order valence-corrected chi connectivity index (χ3v) is 4.51. The van der Waals surface area contributed by atoms with Gasteiger partial charge in [-0.15, -0.1) is 0 Å². The van der Waals surface area contributed by atoms with Crippen LogP contribution in [0.15, 0.2) is 30.3 Å². The van der Waals surface area contributed by atoms with Gasteiger partial charge in [0.05, 0.1) is 6.54 Å². The van der Waals surface area contributed by atoms with E-state index in [4.69, 9.17) is 4.74 Å². The first-order valence-electron chi connectivity index (χ1n) is 7.59. The van der Waals surface area contributed by atoms with E-state index in [1.54, 1.807) is 7.11 Å². The topological polar surface area (TPSA) is 70.7 Å². The Labute approximate surface area is 129 Å². The Bertz CT molecular complexity index is 555. The minimum atomic E-state index is -0.725. The van der Waals surface area contributed by atoms with Crippen LogP contribution in [0.5, 0.6) is 0 Å². The molecule has 3 amide bonds. The summed E-state index contributed by atoms with van der Waals surface area (Å²) in [6.07, 6.45) is 0.960. The van der Waals surface area contributed by atoms with Gasteiger partial charge in [-0.3, -0.25) is 9.69 Å². The number of imide groups is 1. The first kappa shape index (κ1) is 15.0. The molecule has 2 saturated heterocycles. The molecule has 22 heavy (non-hydrogen) atoms. The second kappa shape index (κ2) is 6.06. The van der Waals surface area contributed by atoms with Crippen LogP contribution in [0, 0.1) is 0 Å². The average molecular weight is 303 g/mol. The number of hydrogen-bond donors (Lipinski definition) is 2. The second-order valence-corrected chi connectivity index (χ2v) is 5.81. The Hall–Kier alpha value is -1.92. The summed E-state index contributed by atoms with van der Waals surface area (Å²) >= 11 is 0. The van der Waals surface area contributed by atoms with Crippen LogP contribution in [0.2, 0.25) is 0 Å². The summed E-state index contributed by atoms with van der Waals surface area (Å²) in [5.74, 6) is -0.128. The Balaban J connectivity index is 1.77. The summed E-state index contributed by atoms with van der Waals surface area (Å²) in [6, 6.07) is 9.32. The highest BCUT2D eigenvalue weighted by Crippen LogP contribution is 2.29. The summed E-state index contributed by atoms with van der Waals surface area (Å²) in [5, 5.41) is 6.11. The van der Waals surface area contributed by atoms with E-state index >= 15 is 0 Å². The van der Waals surface area contributed by atoms with Gasteiger partial charge >= 0.3 is 6.03 Å². The Morgan fingerprint density at radius 1 is 1.23 bits per heavy atom. The number of benzene rings is 1. The molecular weight excluding hydrogens is 282 g/mol. The lowest BCUT2D eigenvalue weighted by Crippen LogP contribution is -2.54. The van der Waals surface area contributed by atoms with Crippen LogP contribution in [0.25, 0.3) is 0 Å². The molecule has 3 rings (SSSR count). The van der Waals surface area contributed by atoms with Gasteiger partial charge in [-0.05, 0) is 31.5 Å². The Morgan fingerprint density at radius 2 is 1.91 bits per heavy atom. The van der Waals surface area contributed by atoms with Crippen molar-refractivity contribution < 1.29 is 14.3 Å². The van der Waals surface area contributed by atoms with Gasteiger partial charge in [0.1, 0.15) is 11.6 Å².